The lowest BCUT2D eigenvalue weighted by Gasteiger charge is -2.29. The quantitative estimate of drug-likeness (QED) is 0.0787. The third-order valence-corrected chi connectivity index (χ3v) is 6.98. The third-order valence-electron chi connectivity index (χ3n) is 6.56. The second kappa shape index (κ2) is 14.6. The van der Waals surface area contributed by atoms with E-state index in [1.54, 1.807) is 36.2 Å². The molecule has 5 N–H and O–H groups in total. The van der Waals surface area contributed by atoms with Gasteiger partial charge in [-0.2, -0.15) is 24.9 Å². The number of aliphatic hydroxyl groups is 1. The molecule has 242 valence electrons. The number of hydrogen-bond donors (Lipinski definition) is 3. The van der Waals surface area contributed by atoms with Crippen molar-refractivity contribution in [1.82, 2.24) is 15.0 Å². The van der Waals surface area contributed by atoms with Crippen molar-refractivity contribution in [3.05, 3.63) is 94.4 Å². The molecule has 7 nitrogen and oxygen atoms in total. The summed E-state index contributed by atoms with van der Waals surface area (Å²) in [5.41, 5.74) is 3.49. The van der Waals surface area contributed by atoms with Crippen molar-refractivity contribution in [2.45, 2.75) is 31.5 Å². The van der Waals surface area contributed by atoms with Crippen molar-refractivity contribution >= 4 is 40.0 Å². The summed E-state index contributed by atoms with van der Waals surface area (Å²) in [5, 5.41) is 11.4. The van der Waals surface area contributed by atoms with Gasteiger partial charge in [-0.25, -0.2) is 19.6 Å². The molecule has 0 saturated carbocycles. The molecule has 1 atom stereocenters. The first-order chi connectivity index (χ1) is 21.0. The first-order valence-electron chi connectivity index (χ1n) is 13.3. The second-order valence-corrected chi connectivity index (χ2v) is 11.6. The molecule has 0 spiro atoms. The molecule has 45 heavy (non-hydrogen) atoms. The normalized spacial score (nSPS) is 13.1. The summed E-state index contributed by atoms with van der Waals surface area (Å²) in [4.78, 5) is 8.21. The summed E-state index contributed by atoms with van der Waals surface area (Å²) in [7, 11) is 1.43. The van der Waals surface area contributed by atoms with Crippen molar-refractivity contribution in [2.24, 2.45) is 11.6 Å². The lowest BCUT2D eigenvalue weighted by molar-refractivity contribution is -0.154. The van der Waals surface area contributed by atoms with Crippen LogP contribution in [-0.4, -0.2) is 52.4 Å². The van der Waals surface area contributed by atoms with Gasteiger partial charge in [0, 0.05) is 28.3 Å². The van der Waals surface area contributed by atoms with Gasteiger partial charge in [-0.15, -0.1) is 0 Å². The number of rotatable bonds is 8. The van der Waals surface area contributed by atoms with E-state index in [2.05, 4.69) is 9.97 Å². The number of benzene rings is 2. The van der Waals surface area contributed by atoms with Gasteiger partial charge in [-0.3, -0.25) is 9.99 Å². The number of hydrogen-bond acceptors (Lipinski definition) is 8. The fourth-order valence-corrected chi connectivity index (χ4v) is 4.54. The topological polar surface area (TPSA) is 111 Å². The highest BCUT2D eigenvalue weighted by Gasteiger charge is 2.44. The number of nitrogens with zero attached hydrogens (tertiary/aromatic N) is 3. The molecular weight excluding hydrogens is 637 g/mol. The molecule has 4 aromatic rings. The number of ether oxygens (including phenoxy) is 1. The van der Waals surface area contributed by atoms with Crippen LogP contribution < -0.4 is 16.3 Å². The Kier molecular flexibility index (Phi) is 11.6. The van der Waals surface area contributed by atoms with E-state index in [4.69, 9.17) is 27.9 Å². The number of halogens is 6. The Morgan fingerprint density at radius 2 is 1.71 bits per heavy atom. The molecule has 0 aliphatic heterocycles. The number of aromatic nitrogens is 2. The third kappa shape index (κ3) is 8.54. The van der Waals surface area contributed by atoms with Gasteiger partial charge in [0.15, 0.2) is 5.82 Å². The Labute approximate surface area is 267 Å². The van der Waals surface area contributed by atoms with E-state index in [0.29, 0.717) is 27.2 Å². The van der Waals surface area contributed by atoms with Gasteiger partial charge in [0.05, 0.1) is 30.6 Å². The van der Waals surface area contributed by atoms with Crippen molar-refractivity contribution in [3.63, 3.8) is 0 Å². The highest BCUT2D eigenvalue weighted by molar-refractivity contribution is 7.97. The predicted octanol–water partition coefficient (Wildman–Crippen LogP) is 7.14. The summed E-state index contributed by atoms with van der Waals surface area (Å²) in [6.45, 7) is 1.46. The summed E-state index contributed by atoms with van der Waals surface area (Å²) in [6, 6.07) is 11.8. The van der Waals surface area contributed by atoms with Crippen molar-refractivity contribution in [1.29, 1.82) is 0 Å². The number of methoxy groups -OCH3 is 1. The molecule has 0 aliphatic rings. The number of hydrazine groups is 1. The standard InChI is InChI=1S/C29H27ClF5N5O2.C2H6S/c1-28(2,41)19-13-21(39-26(23(19)32)15-6-8-18(31)9-7-15)20(29(33,34)35)14-40(37)27(30)24(36)17-11-16-5-4-10-38-25(16)22(12-17)42-3;1-3-2/h4-13,20,41H,14,36-37H2,1-3H3;1-2H3/b27-24-;. The Balaban J connectivity index is 0.00000177. The molecule has 2 aromatic heterocycles. The van der Waals surface area contributed by atoms with E-state index in [-0.39, 0.29) is 11.3 Å². The minimum atomic E-state index is -4.94. The van der Waals surface area contributed by atoms with Crippen LogP contribution in [0.1, 0.15) is 36.6 Å². The number of pyridine rings is 2. The Morgan fingerprint density at radius 1 is 1.09 bits per heavy atom. The van der Waals surface area contributed by atoms with Gasteiger partial charge in [0.25, 0.3) is 0 Å². The summed E-state index contributed by atoms with van der Waals surface area (Å²) >= 11 is 8.14. The maximum absolute atomic E-state index is 15.5. The largest absolute Gasteiger partial charge is 0.494 e. The van der Waals surface area contributed by atoms with E-state index >= 15 is 4.39 Å². The van der Waals surface area contributed by atoms with E-state index in [0.717, 1.165) is 18.2 Å². The Hall–Kier alpha value is -3.65. The van der Waals surface area contributed by atoms with Gasteiger partial charge in [0.2, 0.25) is 0 Å². The highest BCUT2D eigenvalue weighted by atomic mass is 35.5. The lowest BCUT2D eigenvalue weighted by atomic mass is 9.92. The van der Waals surface area contributed by atoms with Gasteiger partial charge >= 0.3 is 6.18 Å². The average molecular weight is 670 g/mol. The first-order valence-corrected chi connectivity index (χ1v) is 15.3. The number of fused-ring (bicyclic) bond motifs is 1. The van der Waals surface area contributed by atoms with E-state index in [1.807, 2.05) is 12.5 Å². The van der Waals surface area contributed by atoms with E-state index in [9.17, 15) is 22.7 Å². The molecule has 14 heteroatoms. The summed E-state index contributed by atoms with van der Waals surface area (Å²) < 4.78 is 77.8. The van der Waals surface area contributed by atoms with Crippen LogP contribution in [0.25, 0.3) is 27.9 Å². The molecule has 0 bridgehead atoms. The summed E-state index contributed by atoms with van der Waals surface area (Å²) in [6.07, 6.45) is 0.715. The monoisotopic (exact) mass is 669 g/mol. The average Bonchev–Trinajstić information content (AvgIpc) is 2.98. The number of thioether (sulfide) groups is 1. The first kappa shape index (κ1) is 35.8. The molecule has 4 rings (SSSR count). The zero-order chi connectivity index (χ0) is 33.7. The number of alkyl halides is 3. The van der Waals surface area contributed by atoms with Crippen LogP contribution in [0.5, 0.6) is 5.75 Å². The van der Waals surface area contributed by atoms with Gasteiger partial charge in [-0.05, 0) is 74.9 Å². The highest BCUT2D eigenvalue weighted by Crippen LogP contribution is 2.39. The molecule has 0 aliphatic carbocycles. The molecule has 1 unspecified atom stereocenters. The van der Waals surface area contributed by atoms with Crippen LogP contribution in [0, 0.1) is 11.6 Å². The van der Waals surface area contributed by atoms with E-state index < -0.39 is 58.0 Å². The second-order valence-electron chi connectivity index (χ2n) is 10.4. The molecule has 0 saturated heterocycles. The lowest BCUT2D eigenvalue weighted by Crippen LogP contribution is -2.39. The van der Waals surface area contributed by atoms with Crippen LogP contribution in [-0.2, 0) is 5.60 Å². The zero-order valence-electron chi connectivity index (χ0n) is 25.1. The van der Waals surface area contributed by atoms with Gasteiger partial charge in [0.1, 0.15) is 33.9 Å². The number of nitrogens with two attached hydrogens (primary N) is 2. The zero-order valence-corrected chi connectivity index (χ0v) is 26.7. The van der Waals surface area contributed by atoms with Crippen molar-refractivity contribution < 1.29 is 31.8 Å². The van der Waals surface area contributed by atoms with Crippen LogP contribution in [0.4, 0.5) is 22.0 Å². The van der Waals surface area contributed by atoms with Crippen molar-refractivity contribution in [2.75, 3.05) is 26.2 Å². The minimum Gasteiger partial charge on any atom is -0.494 e. The fraction of sp³-hybridized carbons (Fsp3) is 0.290. The fourth-order valence-electron chi connectivity index (χ4n) is 4.36. The molecule has 2 aromatic carbocycles. The van der Waals surface area contributed by atoms with Crippen LogP contribution in [0.2, 0.25) is 0 Å². The summed E-state index contributed by atoms with van der Waals surface area (Å²) in [5.74, 6) is 2.29. The SMILES string of the molecule is COc1cc(/C(N)=C(\Cl)N(N)CC(c2cc(C(C)(C)O)c(F)c(-c3ccc(F)cc3)n2)C(F)(F)F)cc2cccnc12.CSC. The smallest absolute Gasteiger partial charge is 0.399 e. The maximum Gasteiger partial charge on any atom is 0.399 e. The molecule has 0 amide bonds. The Morgan fingerprint density at radius 3 is 2.27 bits per heavy atom. The predicted molar refractivity (Wildman–Crippen MR) is 169 cm³/mol. The van der Waals surface area contributed by atoms with Gasteiger partial charge in [-0.1, -0.05) is 17.7 Å². The maximum atomic E-state index is 15.5. The van der Waals surface area contributed by atoms with Gasteiger partial charge < -0.3 is 15.6 Å². The van der Waals surface area contributed by atoms with Crippen LogP contribution >= 0.6 is 23.4 Å². The Bertz CT molecular complexity index is 1660. The minimum absolute atomic E-state index is 0.00805. The van der Waals surface area contributed by atoms with Crippen molar-refractivity contribution in [3.8, 4) is 17.0 Å². The van der Waals surface area contributed by atoms with Crippen LogP contribution in [0.15, 0.2) is 66.0 Å². The molecule has 2 heterocycles. The molecule has 0 radical (unpaired) electrons. The van der Waals surface area contributed by atoms with E-state index in [1.165, 1.54) is 39.2 Å². The van der Waals surface area contributed by atoms with Crippen LogP contribution in [0.3, 0.4) is 0 Å². The molecular formula is C31H33ClF5N5O2S. The molecule has 0 fully saturated rings.